The van der Waals surface area contributed by atoms with E-state index in [-0.39, 0.29) is 25.7 Å². The normalized spacial score (nSPS) is 14.6. The smallest absolute Gasteiger partial charge is 0.462 e. The molecule has 0 spiro atoms. The van der Waals surface area contributed by atoms with Gasteiger partial charge in [-0.15, -0.1) is 0 Å². The molecule has 17 nitrogen and oxygen atoms in total. The van der Waals surface area contributed by atoms with Gasteiger partial charge in [0.1, 0.15) is 19.3 Å². The van der Waals surface area contributed by atoms with Crippen molar-refractivity contribution in [2.75, 3.05) is 39.6 Å². The summed E-state index contributed by atoms with van der Waals surface area (Å²) < 4.78 is 68.4. The number of carbonyl (C=O) groups is 4. The number of phosphoric acid groups is 2. The average molecular weight is 1420 g/mol. The summed E-state index contributed by atoms with van der Waals surface area (Å²) in [7, 11) is -9.97. The van der Waals surface area contributed by atoms with Crippen LogP contribution in [0.4, 0.5) is 0 Å². The lowest BCUT2D eigenvalue weighted by Gasteiger charge is -2.21. The van der Waals surface area contributed by atoms with Crippen molar-refractivity contribution in [3.05, 3.63) is 122 Å². The van der Waals surface area contributed by atoms with Crippen LogP contribution in [0.2, 0.25) is 0 Å². The molecule has 0 rings (SSSR count). The van der Waals surface area contributed by atoms with E-state index in [0.29, 0.717) is 25.7 Å². The summed E-state index contributed by atoms with van der Waals surface area (Å²) >= 11 is 0. The number of hydrogen-bond acceptors (Lipinski definition) is 15. The first-order valence-electron chi connectivity index (χ1n) is 37.8. The van der Waals surface area contributed by atoms with Gasteiger partial charge in [0.25, 0.3) is 0 Å². The summed E-state index contributed by atoms with van der Waals surface area (Å²) in [6.45, 7) is 4.50. The molecule has 0 aliphatic carbocycles. The van der Waals surface area contributed by atoms with Crippen LogP contribution in [0, 0.1) is 0 Å². The highest BCUT2D eigenvalue weighted by molar-refractivity contribution is 7.47. The maximum absolute atomic E-state index is 13.1. The first-order chi connectivity index (χ1) is 47.7. The van der Waals surface area contributed by atoms with Gasteiger partial charge in [0.05, 0.1) is 26.4 Å². The zero-order valence-electron chi connectivity index (χ0n) is 61.2. The van der Waals surface area contributed by atoms with E-state index in [2.05, 4.69) is 149 Å². The number of aliphatic hydroxyl groups is 1. The fourth-order valence-electron chi connectivity index (χ4n) is 9.65. The maximum atomic E-state index is 13.1. The summed E-state index contributed by atoms with van der Waals surface area (Å²) in [6.07, 6.45) is 76.2. The Morgan fingerprint density at radius 2 is 0.541 bits per heavy atom. The van der Waals surface area contributed by atoms with Crippen molar-refractivity contribution in [2.45, 2.75) is 316 Å². The number of hydrogen-bond donors (Lipinski definition) is 3. The largest absolute Gasteiger partial charge is 0.472 e. The number of allylic oxidation sites excluding steroid dienone is 20. The van der Waals surface area contributed by atoms with Crippen LogP contribution in [-0.2, 0) is 65.4 Å². The minimum absolute atomic E-state index is 0.0726. The molecule has 0 radical (unpaired) electrons. The molecule has 562 valence electrons. The van der Waals surface area contributed by atoms with Gasteiger partial charge in [0.2, 0.25) is 0 Å². The van der Waals surface area contributed by atoms with Crippen LogP contribution in [0.3, 0.4) is 0 Å². The van der Waals surface area contributed by atoms with Crippen LogP contribution in [0.15, 0.2) is 122 Å². The van der Waals surface area contributed by atoms with Crippen LogP contribution >= 0.6 is 15.6 Å². The number of carbonyl (C=O) groups excluding carboxylic acids is 4. The van der Waals surface area contributed by atoms with Crippen molar-refractivity contribution in [2.24, 2.45) is 0 Å². The Kier molecular flexibility index (Phi) is 67.6. The van der Waals surface area contributed by atoms with Gasteiger partial charge < -0.3 is 33.8 Å². The van der Waals surface area contributed by atoms with Crippen LogP contribution in [0.25, 0.3) is 0 Å². The summed E-state index contributed by atoms with van der Waals surface area (Å²) in [5, 5.41) is 10.6. The van der Waals surface area contributed by atoms with Crippen molar-refractivity contribution in [3.8, 4) is 0 Å². The highest BCUT2D eigenvalue weighted by Crippen LogP contribution is 2.45. The van der Waals surface area contributed by atoms with Crippen molar-refractivity contribution in [1.29, 1.82) is 0 Å². The molecule has 5 unspecified atom stereocenters. The quantitative estimate of drug-likeness (QED) is 0.0169. The van der Waals surface area contributed by atoms with Gasteiger partial charge in [-0.3, -0.25) is 37.3 Å². The van der Waals surface area contributed by atoms with E-state index in [0.717, 1.165) is 186 Å². The lowest BCUT2D eigenvalue weighted by Crippen LogP contribution is -2.30. The van der Waals surface area contributed by atoms with Gasteiger partial charge >= 0.3 is 39.5 Å². The second-order valence-electron chi connectivity index (χ2n) is 24.8. The Morgan fingerprint density at radius 3 is 0.857 bits per heavy atom. The molecule has 5 atom stereocenters. The predicted molar refractivity (Wildman–Crippen MR) is 399 cm³/mol. The monoisotopic (exact) mass is 1420 g/mol. The van der Waals surface area contributed by atoms with Gasteiger partial charge in [-0.05, 0) is 148 Å². The fourth-order valence-corrected chi connectivity index (χ4v) is 11.2. The van der Waals surface area contributed by atoms with E-state index in [9.17, 15) is 43.2 Å². The fraction of sp³-hybridized carbons (Fsp3) is 0.696. The lowest BCUT2D eigenvalue weighted by atomic mass is 10.1. The Balaban J connectivity index is 5.37. The van der Waals surface area contributed by atoms with Crippen molar-refractivity contribution >= 4 is 39.5 Å². The van der Waals surface area contributed by atoms with Gasteiger partial charge in [0.15, 0.2) is 12.2 Å². The average Bonchev–Trinajstić information content (AvgIpc) is 0.986. The predicted octanol–water partition coefficient (Wildman–Crippen LogP) is 21.6. The highest BCUT2D eigenvalue weighted by atomic mass is 31.2. The first-order valence-corrected chi connectivity index (χ1v) is 40.8. The first kappa shape index (κ1) is 93.5. The SMILES string of the molecule is CC/C=C\C/C=C\C/C=C\C/C=C\CCCCCCC(=O)OCC(COP(=O)(O)OCC(O)COP(=O)(O)OCC(COC(=O)CCCCCCC/C=C\C/C=C\C/C=C\CC)OC(=O)CCCCCCC/C=C\C/C=C\CCCCC)OC(=O)CCCCCCC/C=C\CCCC. The Bertz CT molecular complexity index is 2340. The molecule has 3 N–H and O–H groups in total. The second kappa shape index (κ2) is 70.9. The Labute approximate surface area is 593 Å². The van der Waals surface area contributed by atoms with Gasteiger partial charge in [0, 0.05) is 25.7 Å². The molecular weight excluding hydrogens is 1280 g/mol. The van der Waals surface area contributed by atoms with E-state index >= 15 is 0 Å². The van der Waals surface area contributed by atoms with Crippen molar-refractivity contribution in [1.82, 2.24) is 0 Å². The zero-order chi connectivity index (χ0) is 71.8. The minimum Gasteiger partial charge on any atom is -0.462 e. The molecule has 0 saturated carbocycles. The summed E-state index contributed by atoms with van der Waals surface area (Å²) in [5.41, 5.74) is 0. The molecular formula is C79H134O17P2. The van der Waals surface area contributed by atoms with E-state index < -0.39 is 97.5 Å². The van der Waals surface area contributed by atoms with E-state index in [1.807, 2.05) is 0 Å². The summed E-state index contributed by atoms with van der Waals surface area (Å²) in [5.74, 6) is -2.25. The number of phosphoric ester groups is 2. The van der Waals surface area contributed by atoms with Crippen LogP contribution < -0.4 is 0 Å². The Morgan fingerprint density at radius 1 is 0.296 bits per heavy atom. The number of aliphatic hydroxyl groups excluding tert-OH is 1. The topological polar surface area (TPSA) is 237 Å². The summed E-state index contributed by atoms with van der Waals surface area (Å²) in [4.78, 5) is 72.8. The molecule has 19 heteroatoms. The van der Waals surface area contributed by atoms with Crippen molar-refractivity contribution in [3.63, 3.8) is 0 Å². The minimum atomic E-state index is -4.98. The maximum Gasteiger partial charge on any atom is 0.472 e. The molecule has 0 aromatic heterocycles. The van der Waals surface area contributed by atoms with Crippen molar-refractivity contribution < 1.29 is 80.2 Å². The number of unbranched alkanes of at least 4 members (excludes halogenated alkanes) is 24. The molecule has 0 fully saturated rings. The van der Waals surface area contributed by atoms with E-state index in [1.165, 1.54) is 32.1 Å². The molecule has 0 amide bonds. The molecule has 0 aliphatic rings. The number of rotatable bonds is 70. The summed E-state index contributed by atoms with van der Waals surface area (Å²) in [6, 6.07) is 0. The molecule has 0 aliphatic heterocycles. The van der Waals surface area contributed by atoms with Gasteiger partial charge in [-0.2, -0.15) is 0 Å². The highest BCUT2D eigenvalue weighted by Gasteiger charge is 2.30. The molecule has 0 heterocycles. The standard InChI is InChI=1S/C79H134O17P2/c1-5-9-13-17-21-25-29-32-35-36-39-41-45-48-52-56-60-64-77(82)89-69-74(95-78(83)65-61-57-53-49-43-28-24-20-16-12-8-4)71-93-97(85,86)91-67-73(80)68-92-98(87,88)94-72-75(96-79(84)66-62-58-54-50-46-42-38-34-31-27-23-19-15-11-7-3)70-90-76(81)63-59-55-51-47-44-40-37-33-30-26-22-18-14-10-6-2/h9-10,13-14,20-27,32-35,37-39,41,73-75,80H,5-8,11-12,15-19,28-31,36,40,42-72H2,1-4H3,(H,85,86)(H,87,88)/b13-9-,14-10-,24-20-,25-21-,26-22-,27-23-,35-32-,37-33-,38-34-,41-39-. The van der Waals surface area contributed by atoms with E-state index in [1.54, 1.807) is 0 Å². The third-order valence-corrected chi connectivity index (χ3v) is 17.3. The van der Waals surface area contributed by atoms with Crippen LogP contribution in [0.1, 0.15) is 297 Å². The lowest BCUT2D eigenvalue weighted by molar-refractivity contribution is -0.161. The van der Waals surface area contributed by atoms with Crippen LogP contribution in [-0.4, -0.2) is 96.7 Å². The zero-order valence-corrected chi connectivity index (χ0v) is 63.0. The van der Waals surface area contributed by atoms with Crippen LogP contribution in [0.5, 0.6) is 0 Å². The Hall–Kier alpha value is -4.54. The third-order valence-electron chi connectivity index (χ3n) is 15.4. The van der Waals surface area contributed by atoms with Gasteiger partial charge in [-0.1, -0.05) is 246 Å². The molecule has 0 aromatic rings. The molecule has 0 saturated heterocycles. The van der Waals surface area contributed by atoms with E-state index in [4.69, 9.17) is 37.0 Å². The third kappa shape index (κ3) is 69.9. The second-order valence-corrected chi connectivity index (χ2v) is 27.7. The molecule has 0 bridgehead atoms. The molecule has 0 aromatic carbocycles. The number of ether oxygens (including phenoxy) is 4. The number of esters is 4. The molecule has 98 heavy (non-hydrogen) atoms. The van der Waals surface area contributed by atoms with Gasteiger partial charge in [-0.25, -0.2) is 9.13 Å².